The maximum atomic E-state index is 11.9. The highest BCUT2D eigenvalue weighted by Gasteiger charge is 2.16. The number of benzene rings is 1. The van der Waals surface area contributed by atoms with Gasteiger partial charge in [0.15, 0.2) is 0 Å². The van der Waals surface area contributed by atoms with E-state index in [9.17, 15) is 14.9 Å². The largest absolute Gasteiger partial charge is 0.349 e. The van der Waals surface area contributed by atoms with Crippen molar-refractivity contribution in [2.24, 2.45) is 0 Å². The highest BCUT2D eigenvalue weighted by Crippen LogP contribution is 2.22. The Morgan fingerprint density at radius 2 is 2.33 bits per heavy atom. The molecular formula is C12H13ClN2O3. The Bertz CT molecular complexity index is 488. The molecule has 0 bridgehead atoms. The van der Waals surface area contributed by atoms with Crippen molar-refractivity contribution in [3.63, 3.8) is 0 Å². The third kappa shape index (κ3) is 3.56. The molecule has 1 aromatic carbocycles. The van der Waals surface area contributed by atoms with Crippen molar-refractivity contribution in [1.29, 1.82) is 0 Å². The van der Waals surface area contributed by atoms with Crippen LogP contribution in [0.4, 0.5) is 5.69 Å². The molecule has 0 aromatic heterocycles. The van der Waals surface area contributed by atoms with Crippen LogP contribution in [0.5, 0.6) is 0 Å². The number of carbonyl (C=O) groups excluding carboxylic acids is 1. The monoisotopic (exact) mass is 268 g/mol. The molecule has 1 amide bonds. The summed E-state index contributed by atoms with van der Waals surface area (Å²) < 4.78 is 0. The topological polar surface area (TPSA) is 72.2 Å². The van der Waals surface area contributed by atoms with Gasteiger partial charge in [0.05, 0.1) is 15.5 Å². The van der Waals surface area contributed by atoms with E-state index >= 15 is 0 Å². The van der Waals surface area contributed by atoms with E-state index in [2.05, 4.69) is 11.9 Å². The Morgan fingerprint density at radius 1 is 1.67 bits per heavy atom. The molecule has 96 valence electrons. The third-order valence-corrected chi connectivity index (χ3v) is 2.63. The molecule has 0 aliphatic heterocycles. The Hall–Kier alpha value is -1.88. The lowest BCUT2D eigenvalue weighted by Crippen LogP contribution is -2.32. The first-order valence-electron chi connectivity index (χ1n) is 5.31. The molecule has 5 nitrogen and oxygen atoms in total. The molecule has 0 spiro atoms. The number of nitro benzene ring substituents is 1. The van der Waals surface area contributed by atoms with Gasteiger partial charge in [0.25, 0.3) is 11.6 Å². The molecule has 0 radical (unpaired) electrons. The normalized spacial score (nSPS) is 11.7. The van der Waals surface area contributed by atoms with Gasteiger partial charge in [-0.1, -0.05) is 17.7 Å². The zero-order valence-electron chi connectivity index (χ0n) is 9.85. The standard InChI is InChI=1S/C12H13ClN2O3/c1-3-4-8(2)14-12(16)10-7-9(15(17)18)5-6-11(10)13/h3,5-8H,1,4H2,2H3,(H,14,16). The number of nitrogens with zero attached hydrogens (tertiary/aromatic N) is 1. The Morgan fingerprint density at radius 3 is 2.89 bits per heavy atom. The molecule has 0 aliphatic carbocycles. The van der Waals surface area contributed by atoms with Crippen molar-refractivity contribution in [3.05, 3.63) is 51.6 Å². The fraction of sp³-hybridized carbons (Fsp3) is 0.250. The molecule has 18 heavy (non-hydrogen) atoms. The van der Waals surface area contributed by atoms with Crippen molar-refractivity contribution in [3.8, 4) is 0 Å². The first-order chi connectivity index (χ1) is 8.45. The summed E-state index contributed by atoms with van der Waals surface area (Å²) in [5.41, 5.74) is -0.0669. The molecular weight excluding hydrogens is 256 g/mol. The molecule has 0 saturated heterocycles. The minimum atomic E-state index is -0.569. The summed E-state index contributed by atoms with van der Waals surface area (Å²) in [6.45, 7) is 5.38. The van der Waals surface area contributed by atoms with Crippen molar-refractivity contribution < 1.29 is 9.72 Å². The van der Waals surface area contributed by atoms with Crippen LogP contribution in [-0.2, 0) is 0 Å². The van der Waals surface area contributed by atoms with Gasteiger partial charge in [-0.3, -0.25) is 14.9 Å². The van der Waals surface area contributed by atoms with Gasteiger partial charge in [-0.15, -0.1) is 6.58 Å². The maximum Gasteiger partial charge on any atom is 0.270 e. The SMILES string of the molecule is C=CCC(C)NC(=O)c1cc([N+](=O)[O-])ccc1Cl. The number of hydrogen-bond donors (Lipinski definition) is 1. The lowest BCUT2D eigenvalue weighted by Gasteiger charge is -2.12. The van der Waals surface area contributed by atoms with Crippen molar-refractivity contribution >= 4 is 23.2 Å². The van der Waals surface area contributed by atoms with Gasteiger partial charge in [-0.2, -0.15) is 0 Å². The van der Waals surface area contributed by atoms with Gasteiger partial charge < -0.3 is 5.32 Å². The Labute approximate surface area is 110 Å². The maximum absolute atomic E-state index is 11.9. The highest BCUT2D eigenvalue weighted by atomic mass is 35.5. The summed E-state index contributed by atoms with van der Waals surface area (Å²) in [6, 6.07) is 3.66. The number of amides is 1. The predicted molar refractivity (Wildman–Crippen MR) is 69.8 cm³/mol. The molecule has 1 rings (SSSR count). The van der Waals surface area contributed by atoms with E-state index in [4.69, 9.17) is 11.6 Å². The molecule has 1 N–H and O–H groups in total. The Balaban J connectivity index is 2.94. The molecule has 1 aromatic rings. The second-order valence-corrected chi connectivity index (χ2v) is 4.23. The van der Waals surface area contributed by atoms with Gasteiger partial charge in [0.1, 0.15) is 0 Å². The number of nitrogens with one attached hydrogen (secondary N) is 1. The van der Waals surface area contributed by atoms with Crippen LogP contribution in [0.2, 0.25) is 5.02 Å². The number of nitro groups is 1. The smallest absolute Gasteiger partial charge is 0.270 e. The van der Waals surface area contributed by atoms with E-state index in [1.54, 1.807) is 6.08 Å². The van der Waals surface area contributed by atoms with Gasteiger partial charge in [0, 0.05) is 18.2 Å². The molecule has 1 unspecified atom stereocenters. The molecule has 6 heteroatoms. The van der Waals surface area contributed by atoms with E-state index in [1.165, 1.54) is 12.1 Å². The predicted octanol–water partition coefficient (Wildman–Crippen LogP) is 2.94. The average molecular weight is 269 g/mol. The van der Waals surface area contributed by atoms with E-state index in [1.807, 2.05) is 6.92 Å². The zero-order chi connectivity index (χ0) is 13.7. The van der Waals surface area contributed by atoms with E-state index in [0.29, 0.717) is 6.42 Å². The van der Waals surface area contributed by atoms with Crippen LogP contribution in [0.25, 0.3) is 0 Å². The second-order valence-electron chi connectivity index (χ2n) is 3.82. The van der Waals surface area contributed by atoms with Gasteiger partial charge >= 0.3 is 0 Å². The first kappa shape index (κ1) is 14.2. The van der Waals surface area contributed by atoms with E-state index < -0.39 is 10.8 Å². The number of rotatable bonds is 5. The van der Waals surface area contributed by atoms with Gasteiger partial charge in [0.2, 0.25) is 0 Å². The Kier molecular flexibility index (Phi) is 4.85. The summed E-state index contributed by atoms with van der Waals surface area (Å²) in [5, 5.41) is 13.5. The minimum Gasteiger partial charge on any atom is -0.349 e. The number of carbonyl (C=O) groups is 1. The van der Waals surface area contributed by atoms with E-state index in [-0.39, 0.29) is 22.3 Å². The quantitative estimate of drug-likeness (QED) is 0.507. The fourth-order valence-corrected chi connectivity index (χ4v) is 1.61. The summed E-state index contributed by atoms with van der Waals surface area (Å²) in [7, 11) is 0. The highest BCUT2D eigenvalue weighted by molar-refractivity contribution is 6.33. The van der Waals surface area contributed by atoms with Crippen molar-refractivity contribution in [2.75, 3.05) is 0 Å². The number of non-ortho nitro benzene ring substituents is 1. The van der Waals surface area contributed by atoms with Crippen LogP contribution >= 0.6 is 11.6 Å². The first-order valence-corrected chi connectivity index (χ1v) is 5.69. The van der Waals surface area contributed by atoms with Crippen LogP contribution in [0, 0.1) is 10.1 Å². The van der Waals surface area contributed by atoms with Crippen LogP contribution in [0.3, 0.4) is 0 Å². The number of halogens is 1. The fourth-order valence-electron chi connectivity index (χ4n) is 1.41. The molecule has 0 aliphatic rings. The van der Waals surface area contributed by atoms with Crippen molar-refractivity contribution in [2.45, 2.75) is 19.4 Å². The van der Waals surface area contributed by atoms with E-state index in [0.717, 1.165) is 6.07 Å². The second kappa shape index (κ2) is 6.16. The van der Waals surface area contributed by atoms with Crippen LogP contribution in [0.1, 0.15) is 23.7 Å². The van der Waals surface area contributed by atoms with Crippen molar-refractivity contribution in [1.82, 2.24) is 5.32 Å². The van der Waals surface area contributed by atoms with Crippen LogP contribution < -0.4 is 5.32 Å². The summed E-state index contributed by atoms with van der Waals surface area (Å²) in [4.78, 5) is 21.9. The molecule has 0 fully saturated rings. The number of hydrogen-bond acceptors (Lipinski definition) is 3. The zero-order valence-corrected chi connectivity index (χ0v) is 10.6. The lowest BCUT2D eigenvalue weighted by atomic mass is 10.1. The summed E-state index contributed by atoms with van der Waals surface area (Å²) >= 11 is 5.85. The van der Waals surface area contributed by atoms with Gasteiger partial charge in [-0.05, 0) is 19.4 Å². The molecule has 0 heterocycles. The molecule has 0 saturated carbocycles. The van der Waals surface area contributed by atoms with Gasteiger partial charge in [-0.25, -0.2) is 0 Å². The minimum absolute atomic E-state index is 0.0989. The summed E-state index contributed by atoms with van der Waals surface area (Å²) in [6.07, 6.45) is 2.29. The van der Waals surface area contributed by atoms with Crippen LogP contribution in [-0.4, -0.2) is 16.9 Å². The third-order valence-electron chi connectivity index (χ3n) is 2.30. The lowest BCUT2D eigenvalue weighted by molar-refractivity contribution is -0.384. The summed E-state index contributed by atoms with van der Waals surface area (Å²) in [5.74, 6) is -0.432. The average Bonchev–Trinajstić information content (AvgIpc) is 2.29. The molecule has 1 atom stereocenters. The van der Waals surface area contributed by atoms with Crippen LogP contribution in [0.15, 0.2) is 30.9 Å².